The Morgan fingerprint density at radius 1 is 0.317 bits per heavy atom. The zero-order valence-electron chi connectivity index (χ0n) is 27.8. The van der Waals surface area contributed by atoms with Gasteiger partial charge < -0.3 is 19.8 Å². The van der Waals surface area contributed by atoms with Crippen molar-refractivity contribution in [3.8, 4) is 0 Å². The minimum absolute atomic E-state index is 0. The average Bonchev–Trinajstić information content (AvgIpc) is 2.93. The van der Waals surface area contributed by atoms with Gasteiger partial charge in [-0.2, -0.15) is 0 Å². The van der Waals surface area contributed by atoms with Crippen LogP contribution in [0, 0.1) is 0 Å². The first-order chi connectivity index (χ1) is 19.5. The second kappa shape index (κ2) is 41.6. The Morgan fingerprint density at radius 3 is 0.610 bits per heavy atom. The van der Waals surface area contributed by atoms with Crippen molar-refractivity contribution in [3.05, 3.63) is 0 Å². The molecule has 0 N–H and O–H groups in total. The number of hydrogen-bond donors (Lipinski definition) is 0. The third kappa shape index (κ3) is 49.5. The van der Waals surface area contributed by atoms with Crippen molar-refractivity contribution in [2.75, 3.05) is 0 Å². The molecular formula is C36H70AlO4+. The molecule has 0 bridgehead atoms. The molecule has 0 unspecified atom stereocenters. The molecule has 0 aliphatic carbocycles. The van der Waals surface area contributed by atoms with E-state index >= 15 is 0 Å². The number of rotatable bonds is 32. The summed E-state index contributed by atoms with van der Waals surface area (Å²) < 4.78 is 0. The predicted octanol–water partition coefficient (Wildman–Crippen LogP) is 9.61. The van der Waals surface area contributed by atoms with E-state index in [0.29, 0.717) is 0 Å². The summed E-state index contributed by atoms with van der Waals surface area (Å²) in [7, 11) is 0. The zero-order valence-corrected chi connectivity index (χ0v) is 29.0. The molecule has 0 aliphatic heterocycles. The van der Waals surface area contributed by atoms with Crippen LogP contribution in [-0.4, -0.2) is 29.3 Å². The fourth-order valence-corrected chi connectivity index (χ4v) is 5.28. The van der Waals surface area contributed by atoms with Crippen molar-refractivity contribution in [3.63, 3.8) is 0 Å². The van der Waals surface area contributed by atoms with Gasteiger partial charge in [0.05, 0.1) is 0 Å². The normalized spacial score (nSPS) is 10.6. The van der Waals surface area contributed by atoms with Gasteiger partial charge >= 0.3 is 17.4 Å². The number of unbranched alkanes of at least 4 members (excludes halogenated alkanes) is 28. The molecule has 0 aromatic carbocycles. The molecule has 0 amide bonds. The van der Waals surface area contributed by atoms with E-state index in [1.165, 1.54) is 167 Å². The molecule has 0 aliphatic rings. The van der Waals surface area contributed by atoms with Gasteiger partial charge in [0.25, 0.3) is 0 Å². The fourth-order valence-electron chi connectivity index (χ4n) is 5.28. The summed E-state index contributed by atoms with van der Waals surface area (Å²) in [6.07, 6.45) is 39.7. The minimum atomic E-state index is -0.903. The summed E-state index contributed by atoms with van der Waals surface area (Å²) in [5.74, 6) is -1.81. The summed E-state index contributed by atoms with van der Waals surface area (Å²) in [6, 6.07) is 0. The maximum Gasteiger partial charge on any atom is 3.00 e. The summed E-state index contributed by atoms with van der Waals surface area (Å²) in [5.41, 5.74) is 0. The smallest absolute Gasteiger partial charge is 0.550 e. The molecule has 0 spiro atoms. The van der Waals surface area contributed by atoms with Gasteiger partial charge in [-0.1, -0.05) is 194 Å². The molecule has 0 atom stereocenters. The van der Waals surface area contributed by atoms with Crippen LogP contribution in [0.1, 0.15) is 219 Å². The van der Waals surface area contributed by atoms with E-state index in [0.717, 1.165) is 25.7 Å². The largest absolute Gasteiger partial charge is 3.00 e. The standard InChI is InChI=1S/2C18H36O2.Al/c2*1-2-3-4-5-6-7-8-9-10-11-12-13-14-15-16-17-18(19)20;/h2*2-17H2,1H3,(H,19,20);/q;;+3/p-2. The van der Waals surface area contributed by atoms with E-state index in [2.05, 4.69) is 13.8 Å². The molecule has 41 heavy (non-hydrogen) atoms. The van der Waals surface area contributed by atoms with E-state index in [1.807, 2.05) is 0 Å². The number of carbonyl (C=O) groups is 2. The number of aliphatic carboxylic acids is 2. The van der Waals surface area contributed by atoms with E-state index in [9.17, 15) is 19.8 Å². The molecule has 240 valence electrons. The van der Waals surface area contributed by atoms with Crippen molar-refractivity contribution in [1.82, 2.24) is 0 Å². The van der Waals surface area contributed by atoms with Crippen LogP contribution in [0.4, 0.5) is 0 Å². The van der Waals surface area contributed by atoms with E-state index in [1.54, 1.807) is 0 Å². The van der Waals surface area contributed by atoms with Crippen LogP contribution in [0.2, 0.25) is 0 Å². The molecule has 4 nitrogen and oxygen atoms in total. The molecule has 0 rings (SSSR count). The van der Waals surface area contributed by atoms with Gasteiger partial charge in [-0.15, -0.1) is 0 Å². The third-order valence-electron chi connectivity index (χ3n) is 7.97. The van der Waals surface area contributed by atoms with Gasteiger partial charge in [0.1, 0.15) is 0 Å². The van der Waals surface area contributed by atoms with E-state index < -0.39 is 11.9 Å². The molecule has 0 heterocycles. The summed E-state index contributed by atoms with van der Waals surface area (Å²) in [4.78, 5) is 20.4. The Balaban J connectivity index is -0.000000688. The first-order valence-corrected chi connectivity index (χ1v) is 17.9. The Hall–Kier alpha value is -0.528. The Kier molecular flexibility index (Phi) is 45.6. The molecular weight excluding hydrogens is 523 g/mol. The summed E-state index contributed by atoms with van der Waals surface area (Å²) in [5, 5.41) is 20.4. The maximum absolute atomic E-state index is 10.2. The van der Waals surface area contributed by atoms with Crippen molar-refractivity contribution < 1.29 is 19.8 Å². The topological polar surface area (TPSA) is 80.3 Å². The van der Waals surface area contributed by atoms with Crippen molar-refractivity contribution >= 4 is 29.3 Å². The monoisotopic (exact) mass is 594 g/mol. The minimum Gasteiger partial charge on any atom is -0.550 e. The molecule has 0 radical (unpaired) electrons. The number of carbonyl (C=O) groups excluding carboxylic acids is 2. The molecule has 0 fully saturated rings. The predicted molar refractivity (Wildman–Crippen MR) is 175 cm³/mol. The van der Waals surface area contributed by atoms with Crippen molar-refractivity contribution in [2.45, 2.75) is 219 Å². The van der Waals surface area contributed by atoms with Crippen molar-refractivity contribution in [2.24, 2.45) is 0 Å². The molecule has 0 aromatic rings. The maximum atomic E-state index is 10.2. The van der Waals surface area contributed by atoms with Crippen LogP contribution in [0.15, 0.2) is 0 Å². The van der Waals surface area contributed by atoms with Gasteiger partial charge in [-0.05, 0) is 25.7 Å². The number of hydrogen-bond acceptors (Lipinski definition) is 4. The third-order valence-corrected chi connectivity index (χ3v) is 7.97. The SMILES string of the molecule is CCCCCCCCCCCCCCCCCC(=O)[O-].CCCCCCCCCCCCCCCCCC(=O)[O-].[Al+3]. The second-order valence-corrected chi connectivity index (χ2v) is 12.1. The Bertz CT molecular complexity index is 454. The molecule has 0 saturated heterocycles. The second-order valence-electron chi connectivity index (χ2n) is 12.1. The quantitative estimate of drug-likeness (QED) is 0.0574. The first kappa shape index (κ1) is 44.9. The van der Waals surface area contributed by atoms with Gasteiger partial charge in [0.2, 0.25) is 0 Å². The van der Waals surface area contributed by atoms with Crippen LogP contribution >= 0.6 is 0 Å². The van der Waals surface area contributed by atoms with Gasteiger partial charge in [-0.25, -0.2) is 0 Å². The Morgan fingerprint density at radius 2 is 0.463 bits per heavy atom. The van der Waals surface area contributed by atoms with Crippen molar-refractivity contribution in [1.29, 1.82) is 0 Å². The molecule has 0 saturated carbocycles. The van der Waals surface area contributed by atoms with Gasteiger partial charge in [0.15, 0.2) is 0 Å². The summed E-state index contributed by atoms with van der Waals surface area (Å²) >= 11 is 0. The number of carboxylic acid groups (broad SMARTS) is 2. The van der Waals surface area contributed by atoms with Gasteiger partial charge in [-0.3, -0.25) is 0 Å². The Labute approximate surface area is 267 Å². The summed E-state index contributed by atoms with van der Waals surface area (Å²) in [6.45, 7) is 4.53. The number of carboxylic acids is 2. The van der Waals surface area contributed by atoms with Crippen LogP contribution in [-0.2, 0) is 9.59 Å². The van der Waals surface area contributed by atoms with Crippen LogP contribution in [0.25, 0.3) is 0 Å². The van der Waals surface area contributed by atoms with E-state index in [-0.39, 0.29) is 30.2 Å². The van der Waals surface area contributed by atoms with Gasteiger partial charge in [0, 0.05) is 11.9 Å². The zero-order chi connectivity index (χ0) is 29.8. The van der Waals surface area contributed by atoms with Crippen LogP contribution < -0.4 is 10.2 Å². The van der Waals surface area contributed by atoms with Crippen LogP contribution in [0.3, 0.4) is 0 Å². The molecule has 5 heteroatoms. The first-order valence-electron chi connectivity index (χ1n) is 17.9. The fraction of sp³-hybridized carbons (Fsp3) is 0.944. The van der Waals surface area contributed by atoms with E-state index in [4.69, 9.17) is 0 Å². The van der Waals surface area contributed by atoms with Crippen LogP contribution in [0.5, 0.6) is 0 Å². The average molecular weight is 594 g/mol. The molecule has 0 aromatic heterocycles.